The molecule has 3 heteroatoms. The summed E-state index contributed by atoms with van der Waals surface area (Å²) in [5, 5.41) is 3.44. The predicted octanol–water partition coefficient (Wildman–Crippen LogP) is 1.49. The first kappa shape index (κ1) is 12.9. The molecule has 0 spiro atoms. The number of hydrogen-bond donors (Lipinski definition) is 1. The fourth-order valence-electron chi connectivity index (χ4n) is 2.01. The van der Waals surface area contributed by atoms with Gasteiger partial charge in [0.1, 0.15) is 0 Å². The lowest BCUT2D eigenvalue weighted by Crippen LogP contribution is -2.43. The number of rotatable bonds is 6. The van der Waals surface area contributed by atoms with Crippen LogP contribution in [0.15, 0.2) is 0 Å². The van der Waals surface area contributed by atoms with Crippen molar-refractivity contribution in [2.75, 3.05) is 32.8 Å². The first-order valence-electron chi connectivity index (χ1n) is 6.29. The molecule has 0 aromatic carbocycles. The van der Waals surface area contributed by atoms with E-state index in [9.17, 15) is 0 Å². The van der Waals surface area contributed by atoms with Crippen molar-refractivity contribution in [2.45, 2.75) is 45.8 Å². The molecule has 0 bridgehead atoms. The second kappa shape index (κ2) is 7.20. The van der Waals surface area contributed by atoms with Crippen LogP contribution in [0.4, 0.5) is 0 Å². The zero-order chi connectivity index (χ0) is 11.1. The SMILES string of the molecule is CCCN1CCO[C@H](CCNC(C)C)C1. The summed E-state index contributed by atoms with van der Waals surface area (Å²) in [5.74, 6) is 0. The summed E-state index contributed by atoms with van der Waals surface area (Å²) in [5.41, 5.74) is 0. The van der Waals surface area contributed by atoms with E-state index >= 15 is 0 Å². The molecule has 15 heavy (non-hydrogen) atoms. The monoisotopic (exact) mass is 214 g/mol. The van der Waals surface area contributed by atoms with Gasteiger partial charge in [0.25, 0.3) is 0 Å². The largest absolute Gasteiger partial charge is 0.376 e. The molecule has 1 aliphatic heterocycles. The number of ether oxygens (including phenoxy) is 1. The quantitative estimate of drug-likeness (QED) is 0.725. The lowest BCUT2D eigenvalue weighted by atomic mass is 10.2. The number of nitrogens with zero attached hydrogens (tertiary/aromatic N) is 1. The van der Waals surface area contributed by atoms with Gasteiger partial charge in [-0.2, -0.15) is 0 Å². The van der Waals surface area contributed by atoms with Gasteiger partial charge in [-0.3, -0.25) is 4.90 Å². The minimum atomic E-state index is 0.441. The minimum absolute atomic E-state index is 0.441. The Morgan fingerprint density at radius 2 is 2.27 bits per heavy atom. The smallest absolute Gasteiger partial charge is 0.0714 e. The Bertz CT molecular complexity index is 160. The van der Waals surface area contributed by atoms with Crippen LogP contribution in [0.25, 0.3) is 0 Å². The van der Waals surface area contributed by atoms with Gasteiger partial charge < -0.3 is 10.1 Å². The Morgan fingerprint density at radius 3 is 2.93 bits per heavy atom. The molecule has 1 saturated heterocycles. The minimum Gasteiger partial charge on any atom is -0.376 e. The van der Waals surface area contributed by atoms with Gasteiger partial charge in [0.05, 0.1) is 12.7 Å². The molecular formula is C12H26N2O. The normalized spacial score (nSPS) is 23.6. The molecule has 1 rings (SSSR count). The molecule has 1 aliphatic rings. The summed E-state index contributed by atoms with van der Waals surface area (Å²) >= 11 is 0. The number of nitrogens with one attached hydrogen (secondary N) is 1. The summed E-state index contributed by atoms with van der Waals surface area (Å²) in [6, 6.07) is 0.584. The number of morpholine rings is 1. The maximum Gasteiger partial charge on any atom is 0.0714 e. The molecule has 3 nitrogen and oxygen atoms in total. The first-order valence-corrected chi connectivity index (χ1v) is 6.29. The first-order chi connectivity index (χ1) is 7.22. The fraction of sp³-hybridized carbons (Fsp3) is 1.00. The average molecular weight is 214 g/mol. The summed E-state index contributed by atoms with van der Waals surface area (Å²) in [4.78, 5) is 2.52. The molecular weight excluding hydrogens is 188 g/mol. The van der Waals surface area contributed by atoms with Crippen LogP contribution in [0.1, 0.15) is 33.6 Å². The summed E-state index contributed by atoms with van der Waals surface area (Å²) in [6.07, 6.45) is 2.83. The van der Waals surface area contributed by atoms with Gasteiger partial charge in [0.2, 0.25) is 0 Å². The molecule has 1 atom stereocenters. The molecule has 0 unspecified atom stereocenters. The maximum absolute atomic E-state index is 5.75. The van der Waals surface area contributed by atoms with Crippen molar-refractivity contribution in [3.05, 3.63) is 0 Å². The van der Waals surface area contributed by atoms with E-state index < -0.39 is 0 Å². The van der Waals surface area contributed by atoms with Crippen LogP contribution < -0.4 is 5.32 Å². The molecule has 0 radical (unpaired) electrons. The van der Waals surface area contributed by atoms with Gasteiger partial charge in [-0.25, -0.2) is 0 Å². The molecule has 90 valence electrons. The summed E-state index contributed by atoms with van der Waals surface area (Å²) in [7, 11) is 0. The Hall–Kier alpha value is -0.120. The molecule has 0 aliphatic carbocycles. The third-order valence-corrected chi connectivity index (χ3v) is 2.78. The van der Waals surface area contributed by atoms with E-state index in [2.05, 4.69) is 31.0 Å². The van der Waals surface area contributed by atoms with Crippen molar-refractivity contribution in [1.82, 2.24) is 10.2 Å². The van der Waals surface area contributed by atoms with Crippen molar-refractivity contribution in [3.8, 4) is 0 Å². The topological polar surface area (TPSA) is 24.5 Å². The highest BCUT2D eigenvalue weighted by Gasteiger charge is 2.19. The average Bonchev–Trinajstić information content (AvgIpc) is 2.18. The standard InChI is InChI=1S/C12H26N2O/c1-4-7-14-8-9-15-12(10-14)5-6-13-11(2)3/h11-13H,4-10H2,1-3H3/t12-/m1/s1. The molecule has 0 aromatic rings. The third-order valence-electron chi connectivity index (χ3n) is 2.78. The molecule has 1 N–H and O–H groups in total. The molecule has 0 saturated carbocycles. The lowest BCUT2D eigenvalue weighted by molar-refractivity contribution is -0.0315. The summed E-state index contributed by atoms with van der Waals surface area (Å²) < 4.78 is 5.75. The van der Waals surface area contributed by atoms with Gasteiger partial charge >= 0.3 is 0 Å². The second-order valence-electron chi connectivity index (χ2n) is 4.69. The maximum atomic E-state index is 5.75. The molecule has 0 amide bonds. The van der Waals surface area contributed by atoms with E-state index in [1.165, 1.54) is 13.0 Å². The van der Waals surface area contributed by atoms with E-state index in [0.29, 0.717) is 12.1 Å². The second-order valence-corrected chi connectivity index (χ2v) is 4.69. The van der Waals surface area contributed by atoms with Gasteiger partial charge in [0.15, 0.2) is 0 Å². The van der Waals surface area contributed by atoms with Crippen molar-refractivity contribution in [2.24, 2.45) is 0 Å². The van der Waals surface area contributed by atoms with Crippen LogP contribution in [0.2, 0.25) is 0 Å². The van der Waals surface area contributed by atoms with Gasteiger partial charge in [0, 0.05) is 19.1 Å². The van der Waals surface area contributed by atoms with E-state index in [1.807, 2.05) is 0 Å². The Morgan fingerprint density at radius 1 is 1.47 bits per heavy atom. The Balaban J connectivity index is 2.12. The third kappa shape index (κ3) is 5.50. The van der Waals surface area contributed by atoms with Crippen LogP contribution >= 0.6 is 0 Å². The highest BCUT2D eigenvalue weighted by Crippen LogP contribution is 2.08. The molecule has 0 aromatic heterocycles. The fourth-order valence-corrected chi connectivity index (χ4v) is 2.01. The Kier molecular flexibility index (Phi) is 6.22. The van der Waals surface area contributed by atoms with E-state index in [0.717, 1.165) is 32.7 Å². The Labute approximate surface area is 94.2 Å². The van der Waals surface area contributed by atoms with Crippen LogP contribution in [0.3, 0.4) is 0 Å². The van der Waals surface area contributed by atoms with Crippen LogP contribution in [0, 0.1) is 0 Å². The lowest BCUT2D eigenvalue weighted by Gasteiger charge is -2.32. The zero-order valence-corrected chi connectivity index (χ0v) is 10.5. The van der Waals surface area contributed by atoms with Crippen molar-refractivity contribution >= 4 is 0 Å². The van der Waals surface area contributed by atoms with Crippen molar-refractivity contribution in [1.29, 1.82) is 0 Å². The van der Waals surface area contributed by atoms with Gasteiger partial charge in [-0.15, -0.1) is 0 Å². The van der Waals surface area contributed by atoms with E-state index in [4.69, 9.17) is 4.74 Å². The van der Waals surface area contributed by atoms with Crippen LogP contribution in [-0.4, -0.2) is 49.8 Å². The van der Waals surface area contributed by atoms with E-state index in [1.54, 1.807) is 0 Å². The van der Waals surface area contributed by atoms with Gasteiger partial charge in [-0.05, 0) is 25.9 Å². The van der Waals surface area contributed by atoms with Crippen molar-refractivity contribution in [3.63, 3.8) is 0 Å². The van der Waals surface area contributed by atoms with Crippen LogP contribution in [-0.2, 0) is 4.74 Å². The number of hydrogen-bond acceptors (Lipinski definition) is 3. The highest BCUT2D eigenvalue weighted by atomic mass is 16.5. The van der Waals surface area contributed by atoms with E-state index in [-0.39, 0.29) is 0 Å². The zero-order valence-electron chi connectivity index (χ0n) is 10.5. The molecule has 1 heterocycles. The van der Waals surface area contributed by atoms with Crippen molar-refractivity contribution < 1.29 is 4.74 Å². The molecule has 1 fully saturated rings. The predicted molar refractivity (Wildman–Crippen MR) is 64.2 cm³/mol. The van der Waals surface area contributed by atoms with Gasteiger partial charge in [-0.1, -0.05) is 20.8 Å². The summed E-state index contributed by atoms with van der Waals surface area (Å²) in [6.45, 7) is 12.0. The highest BCUT2D eigenvalue weighted by molar-refractivity contribution is 4.72. The van der Waals surface area contributed by atoms with Crippen LogP contribution in [0.5, 0.6) is 0 Å².